The van der Waals surface area contributed by atoms with Crippen molar-refractivity contribution in [2.24, 2.45) is 5.84 Å². The van der Waals surface area contributed by atoms with Crippen LogP contribution in [-0.4, -0.2) is 19.9 Å². The monoisotopic (exact) mass is 262 g/mol. The molecule has 0 saturated heterocycles. The molecule has 0 aromatic carbocycles. The van der Waals surface area contributed by atoms with Gasteiger partial charge in [0.15, 0.2) is 5.16 Å². The Balaban J connectivity index is 2.37. The van der Waals surface area contributed by atoms with E-state index in [4.69, 9.17) is 5.84 Å². The van der Waals surface area contributed by atoms with Crippen molar-refractivity contribution in [1.29, 1.82) is 0 Å². The summed E-state index contributed by atoms with van der Waals surface area (Å²) in [4.78, 5) is 17.1. The van der Waals surface area contributed by atoms with Crippen LogP contribution in [0.15, 0.2) is 28.6 Å². The number of aryl methyl sites for hydroxylation is 1. The van der Waals surface area contributed by atoms with Gasteiger partial charge < -0.3 is 5.43 Å². The number of hydrogen-bond donors (Lipinski definition) is 2. The van der Waals surface area contributed by atoms with Crippen molar-refractivity contribution in [1.82, 2.24) is 19.9 Å². The summed E-state index contributed by atoms with van der Waals surface area (Å²) in [5, 5.41) is 1.48. The van der Waals surface area contributed by atoms with Gasteiger partial charge >= 0.3 is 0 Å². The Morgan fingerprint density at radius 2 is 2.00 bits per heavy atom. The molecule has 0 saturated carbocycles. The number of aromatic nitrogens is 4. The lowest BCUT2D eigenvalue weighted by Gasteiger charge is -2.10. The number of hydrogen-bond acceptors (Lipinski definition) is 7. The van der Waals surface area contributed by atoms with E-state index in [0.717, 1.165) is 22.8 Å². The predicted octanol–water partition coefficient (Wildman–Crippen LogP) is 1.57. The molecule has 0 radical (unpaired) electrons. The highest BCUT2D eigenvalue weighted by atomic mass is 32.2. The molecular formula is C11H14N6S. The lowest BCUT2D eigenvalue weighted by molar-refractivity contribution is 0.866. The molecule has 0 fully saturated rings. The number of anilines is 1. The second kappa shape index (κ2) is 5.74. The van der Waals surface area contributed by atoms with E-state index < -0.39 is 0 Å². The Kier molecular flexibility index (Phi) is 4.06. The third-order valence-corrected chi connectivity index (χ3v) is 3.31. The van der Waals surface area contributed by atoms with Crippen LogP contribution in [0, 0.1) is 6.92 Å². The molecule has 0 spiro atoms. The zero-order chi connectivity index (χ0) is 13.0. The first kappa shape index (κ1) is 12.7. The number of nitrogens with zero attached hydrogens (tertiary/aromatic N) is 4. The molecule has 6 nitrogen and oxygen atoms in total. The highest BCUT2D eigenvalue weighted by Gasteiger charge is 2.11. The number of nitrogen functional groups attached to an aromatic ring is 1. The molecule has 0 atom stereocenters. The molecule has 2 heterocycles. The van der Waals surface area contributed by atoms with Crippen molar-refractivity contribution >= 4 is 17.6 Å². The second-order valence-corrected chi connectivity index (χ2v) is 4.51. The summed E-state index contributed by atoms with van der Waals surface area (Å²) in [6.45, 7) is 3.92. The molecule has 2 aromatic rings. The van der Waals surface area contributed by atoms with Crippen LogP contribution in [0.5, 0.6) is 0 Å². The molecule has 3 N–H and O–H groups in total. The quantitative estimate of drug-likeness (QED) is 0.374. The van der Waals surface area contributed by atoms with Crippen LogP contribution in [0.4, 0.5) is 5.82 Å². The van der Waals surface area contributed by atoms with Crippen LogP contribution in [0.2, 0.25) is 0 Å². The molecule has 0 unspecified atom stereocenters. The average molecular weight is 262 g/mol. The fraction of sp³-hybridized carbons (Fsp3) is 0.273. The minimum absolute atomic E-state index is 0.639. The van der Waals surface area contributed by atoms with Gasteiger partial charge in [-0.3, -0.25) is 0 Å². The lowest BCUT2D eigenvalue weighted by Crippen LogP contribution is -2.13. The molecule has 0 bridgehead atoms. The Bertz CT molecular complexity index is 531. The summed E-state index contributed by atoms with van der Waals surface area (Å²) < 4.78 is 0. The number of nitrogens with two attached hydrogens (primary N) is 1. The van der Waals surface area contributed by atoms with Crippen LogP contribution in [0.1, 0.15) is 18.3 Å². The summed E-state index contributed by atoms with van der Waals surface area (Å²) in [5.41, 5.74) is 3.49. The third-order valence-electron chi connectivity index (χ3n) is 2.33. The summed E-state index contributed by atoms with van der Waals surface area (Å²) in [6.07, 6.45) is 4.15. The van der Waals surface area contributed by atoms with Crippen molar-refractivity contribution < 1.29 is 0 Å². The summed E-state index contributed by atoms with van der Waals surface area (Å²) >= 11 is 1.40. The van der Waals surface area contributed by atoms with E-state index in [0.29, 0.717) is 11.0 Å². The molecule has 94 valence electrons. The second-order valence-electron chi connectivity index (χ2n) is 3.55. The van der Waals surface area contributed by atoms with Crippen LogP contribution in [0.3, 0.4) is 0 Å². The van der Waals surface area contributed by atoms with E-state index in [-0.39, 0.29) is 0 Å². The van der Waals surface area contributed by atoms with Gasteiger partial charge in [0.1, 0.15) is 16.7 Å². The maximum Gasteiger partial charge on any atom is 0.193 e. The van der Waals surface area contributed by atoms with Gasteiger partial charge in [0.2, 0.25) is 0 Å². The maximum atomic E-state index is 5.46. The van der Waals surface area contributed by atoms with Gasteiger partial charge in [0.05, 0.1) is 0 Å². The highest BCUT2D eigenvalue weighted by molar-refractivity contribution is 7.99. The minimum atomic E-state index is 0.639. The smallest absolute Gasteiger partial charge is 0.193 e. The fourth-order valence-electron chi connectivity index (χ4n) is 1.36. The Hall–Kier alpha value is -1.73. The molecule has 2 aromatic heterocycles. The summed E-state index contributed by atoms with van der Waals surface area (Å²) in [7, 11) is 0. The van der Waals surface area contributed by atoms with Crippen molar-refractivity contribution in [2.45, 2.75) is 30.5 Å². The van der Waals surface area contributed by atoms with Gasteiger partial charge in [0, 0.05) is 24.4 Å². The van der Waals surface area contributed by atoms with Crippen LogP contribution < -0.4 is 11.3 Å². The minimum Gasteiger partial charge on any atom is -0.308 e. The zero-order valence-electron chi connectivity index (χ0n) is 10.2. The van der Waals surface area contributed by atoms with E-state index in [1.165, 1.54) is 11.8 Å². The van der Waals surface area contributed by atoms with E-state index >= 15 is 0 Å². The average Bonchev–Trinajstić information content (AvgIpc) is 2.42. The Morgan fingerprint density at radius 3 is 2.61 bits per heavy atom. The molecular weight excluding hydrogens is 248 g/mol. The first-order valence-electron chi connectivity index (χ1n) is 5.53. The SMILES string of the molecule is CCc1nc(NN)c(C)c(Sc2ncccn2)n1. The van der Waals surface area contributed by atoms with Gasteiger partial charge in [-0.15, -0.1) is 0 Å². The van der Waals surface area contributed by atoms with Crippen LogP contribution in [-0.2, 0) is 6.42 Å². The normalized spacial score (nSPS) is 10.4. The number of hydrazine groups is 1. The number of rotatable bonds is 4. The molecule has 2 rings (SSSR count). The van der Waals surface area contributed by atoms with Crippen molar-refractivity contribution in [3.8, 4) is 0 Å². The van der Waals surface area contributed by atoms with E-state index in [2.05, 4.69) is 25.4 Å². The summed E-state index contributed by atoms with van der Waals surface area (Å²) in [6, 6.07) is 1.78. The first-order valence-corrected chi connectivity index (χ1v) is 6.35. The predicted molar refractivity (Wildman–Crippen MR) is 70.1 cm³/mol. The van der Waals surface area contributed by atoms with Gasteiger partial charge in [-0.25, -0.2) is 25.8 Å². The van der Waals surface area contributed by atoms with E-state index in [1.54, 1.807) is 18.5 Å². The third kappa shape index (κ3) is 2.74. The van der Waals surface area contributed by atoms with Gasteiger partial charge in [-0.05, 0) is 24.8 Å². The molecule has 0 aliphatic rings. The maximum absolute atomic E-state index is 5.46. The van der Waals surface area contributed by atoms with E-state index in [1.807, 2.05) is 13.8 Å². The topological polar surface area (TPSA) is 89.6 Å². The largest absolute Gasteiger partial charge is 0.308 e. The van der Waals surface area contributed by atoms with Crippen LogP contribution >= 0.6 is 11.8 Å². The summed E-state index contributed by atoms with van der Waals surface area (Å²) in [5.74, 6) is 6.84. The van der Waals surface area contributed by atoms with Gasteiger partial charge in [-0.1, -0.05) is 6.92 Å². The van der Waals surface area contributed by atoms with Crippen molar-refractivity contribution in [3.63, 3.8) is 0 Å². The van der Waals surface area contributed by atoms with Crippen molar-refractivity contribution in [3.05, 3.63) is 29.8 Å². The van der Waals surface area contributed by atoms with Crippen LogP contribution in [0.25, 0.3) is 0 Å². The Morgan fingerprint density at radius 1 is 1.28 bits per heavy atom. The Labute approximate surface area is 109 Å². The standard InChI is InChI=1S/C11H14N6S/c1-3-8-15-9(17-12)7(2)10(16-8)18-11-13-5-4-6-14-11/h4-6H,3,12H2,1-2H3,(H,15,16,17). The fourth-order valence-corrected chi connectivity index (χ4v) is 2.16. The van der Waals surface area contributed by atoms with Crippen molar-refractivity contribution in [2.75, 3.05) is 5.43 Å². The lowest BCUT2D eigenvalue weighted by atomic mass is 10.3. The molecule has 18 heavy (non-hydrogen) atoms. The molecule has 0 amide bonds. The van der Waals surface area contributed by atoms with E-state index in [9.17, 15) is 0 Å². The van der Waals surface area contributed by atoms with Gasteiger partial charge in [-0.2, -0.15) is 0 Å². The molecule has 7 heteroatoms. The van der Waals surface area contributed by atoms with Gasteiger partial charge in [0.25, 0.3) is 0 Å². The number of nitrogens with one attached hydrogen (secondary N) is 1. The highest BCUT2D eigenvalue weighted by Crippen LogP contribution is 2.28. The molecule has 0 aliphatic carbocycles. The molecule has 0 aliphatic heterocycles. The zero-order valence-corrected chi connectivity index (χ0v) is 11.0. The first-order chi connectivity index (χ1) is 8.74.